The van der Waals surface area contributed by atoms with Crippen molar-refractivity contribution in [3.05, 3.63) is 57.3 Å². The number of nitrogens with zero attached hydrogens (tertiary/aromatic N) is 1. The molecule has 1 aromatic heterocycles. The average Bonchev–Trinajstić information content (AvgIpc) is 2.42. The molecular weight excluding hydrogens is 348 g/mol. The zero-order valence-electron chi connectivity index (χ0n) is 9.93. The Morgan fingerprint density at radius 1 is 1.30 bits per heavy atom. The van der Waals surface area contributed by atoms with E-state index in [0.717, 1.165) is 0 Å². The number of carboxylic acids is 1. The number of aromatic nitrogens is 1. The number of carbonyl (C=O) groups is 2. The third-order valence-electron chi connectivity index (χ3n) is 2.44. The van der Waals surface area contributed by atoms with Gasteiger partial charge in [-0.3, -0.25) is 4.79 Å². The highest BCUT2D eigenvalue weighted by molar-refractivity contribution is 9.10. The molecular formula is C13H8BrClN2O3. The summed E-state index contributed by atoms with van der Waals surface area (Å²) in [7, 11) is 0. The maximum Gasteiger partial charge on any atom is 0.356 e. The maximum atomic E-state index is 12.1. The minimum absolute atomic E-state index is 0.135. The van der Waals surface area contributed by atoms with Crippen LogP contribution in [0, 0.1) is 0 Å². The lowest BCUT2D eigenvalue weighted by molar-refractivity contribution is 0.0692. The minimum atomic E-state index is -1.21. The van der Waals surface area contributed by atoms with Crippen molar-refractivity contribution in [2.75, 3.05) is 5.32 Å². The molecule has 0 spiro atoms. The summed E-state index contributed by atoms with van der Waals surface area (Å²) < 4.78 is 0.580. The first-order valence-electron chi connectivity index (χ1n) is 5.44. The number of hydrogen-bond donors (Lipinski definition) is 2. The summed E-state index contributed by atoms with van der Waals surface area (Å²) in [4.78, 5) is 26.8. The second-order valence-electron chi connectivity index (χ2n) is 3.79. The Morgan fingerprint density at radius 3 is 2.70 bits per heavy atom. The lowest BCUT2D eigenvalue weighted by Crippen LogP contribution is -2.15. The molecule has 20 heavy (non-hydrogen) atoms. The van der Waals surface area contributed by atoms with Crippen LogP contribution in [0.3, 0.4) is 0 Å². The lowest BCUT2D eigenvalue weighted by atomic mass is 10.2. The highest BCUT2D eigenvalue weighted by Gasteiger charge is 2.14. The van der Waals surface area contributed by atoms with E-state index in [1.807, 2.05) is 0 Å². The Morgan fingerprint density at radius 2 is 2.05 bits per heavy atom. The Hall–Kier alpha value is -1.92. The quantitative estimate of drug-likeness (QED) is 0.884. The van der Waals surface area contributed by atoms with E-state index in [1.54, 1.807) is 24.3 Å². The second-order valence-corrected chi connectivity index (χ2v) is 5.05. The molecule has 1 amide bonds. The van der Waals surface area contributed by atoms with Gasteiger partial charge >= 0.3 is 5.97 Å². The molecule has 0 fully saturated rings. The van der Waals surface area contributed by atoms with Gasteiger partial charge in [0, 0.05) is 16.2 Å². The van der Waals surface area contributed by atoms with Crippen LogP contribution in [-0.4, -0.2) is 22.0 Å². The molecule has 0 atom stereocenters. The molecule has 0 unspecified atom stereocenters. The van der Waals surface area contributed by atoms with Gasteiger partial charge in [0.2, 0.25) is 0 Å². The molecule has 2 rings (SSSR count). The molecule has 0 bridgehead atoms. The number of carboxylic acid groups (broad SMARTS) is 1. The van der Waals surface area contributed by atoms with Crippen LogP contribution in [0.15, 0.2) is 41.0 Å². The van der Waals surface area contributed by atoms with Crippen LogP contribution in [0.5, 0.6) is 0 Å². The number of amides is 1. The average molecular weight is 356 g/mol. The number of nitrogens with one attached hydrogen (secondary N) is 1. The number of rotatable bonds is 3. The van der Waals surface area contributed by atoms with E-state index in [4.69, 9.17) is 16.7 Å². The van der Waals surface area contributed by atoms with Gasteiger partial charge < -0.3 is 10.4 Å². The van der Waals surface area contributed by atoms with Crippen molar-refractivity contribution in [3.63, 3.8) is 0 Å². The molecule has 0 saturated heterocycles. The van der Waals surface area contributed by atoms with Crippen LogP contribution in [0.25, 0.3) is 0 Å². The molecule has 2 N–H and O–H groups in total. The third kappa shape index (κ3) is 3.15. The van der Waals surface area contributed by atoms with Gasteiger partial charge in [0.25, 0.3) is 5.91 Å². The molecule has 0 aliphatic rings. The molecule has 7 heteroatoms. The van der Waals surface area contributed by atoms with E-state index in [-0.39, 0.29) is 11.4 Å². The molecule has 102 valence electrons. The van der Waals surface area contributed by atoms with Gasteiger partial charge in [0.15, 0.2) is 5.69 Å². The van der Waals surface area contributed by atoms with Gasteiger partial charge in [-0.2, -0.15) is 0 Å². The molecule has 1 heterocycles. The summed E-state index contributed by atoms with van der Waals surface area (Å²) in [6, 6.07) is 7.68. The van der Waals surface area contributed by atoms with Crippen LogP contribution in [0.1, 0.15) is 20.8 Å². The fourth-order valence-corrected chi connectivity index (χ4v) is 2.00. The van der Waals surface area contributed by atoms with Crippen molar-refractivity contribution in [3.8, 4) is 0 Å². The summed E-state index contributed by atoms with van der Waals surface area (Å²) in [5.41, 5.74) is 0.270. The van der Waals surface area contributed by atoms with Gasteiger partial charge in [-0.1, -0.05) is 11.6 Å². The van der Waals surface area contributed by atoms with Crippen LogP contribution in [0.4, 0.5) is 5.69 Å². The standard InChI is InChI=1S/C13H8BrClN2O3/c14-8-6-7(3-4-9(8)15)12(18)17-10-2-1-5-16-11(10)13(19)20/h1-6H,(H,17,18)(H,19,20). The fraction of sp³-hybridized carbons (Fsp3) is 0. The smallest absolute Gasteiger partial charge is 0.356 e. The third-order valence-corrected chi connectivity index (χ3v) is 3.65. The lowest BCUT2D eigenvalue weighted by Gasteiger charge is -2.08. The number of halogens is 2. The molecule has 0 aliphatic carbocycles. The Balaban J connectivity index is 2.28. The zero-order valence-corrected chi connectivity index (χ0v) is 12.3. The first-order valence-corrected chi connectivity index (χ1v) is 6.61. The summed E-state index contributed by atoms with van der Waals surface area (Å²) in [5.74, 6) is -1.66. The number of pyridine rings is 1. The number of hydrogen-bond acceptors (Lipinski definition) is 3. The molecule has 0 aliphatic heterocycles. The second kappa shape index (κ2) is 6.02. The van der Waals surface area contributed by atoms with Crippen LogP contribution >= 0.6 is 27.5 Å². The predicted molar refractivity (Wildman–Crippen MR) is 78.3 cm³/mol. The summed E-state index contributed by atoms with van der Waals surface area (Å²) in [5, 5.41) is 12.0. The van der Waals surface area contributed by atoms with Gasteiger partial charge in [-0.05, 0) is 46.3 Å². The van der Waals surface area contributed by atoms with Crippen LogP contribution < -0.4 is 5.32 Å². The van der Waals surface area contributed by atoms with E-state index >= 15 is 0 Å². The maximum absolute atomic E-state index is 12.1. The monoisotopic (exact) mass is 354 g/mol. The van der Waals surface area contributed by atoms with Crippen molar-refractivity contribution in [2.45, 2.75) is 0 Å². The highest BCUT2D eigenvalue weighted by atomic mass is 79.9. The van der Waals surface area contributed by atoms with E-state index in [9.17, 15) is 9.59 Å². The van der Waals surface area contributed by atoms with Gasteiger partial charge in [0.05, 0.1) is 10.7 Å². The molecule has 5 nitrogen and oxygen atoms in total. The highest BCUT2D eigenvalue weighted by Crippen LogP contribution is 2.24. The van der Waals surface area contributed by atoms with Gasteiger partial charge in [-0.25, -0.2) is 9.78 Å². The predicted octanol–water partition coefficient (Wildman–Crippen LogP) is 3.45. The van der Waals surface area contributed by atoms with Crippen molar-refractivity contribution in [1.82, 2.24) is 4.98 Å². The van der Waals surface area contributed by atoms with Gasteiger partial charge in [-0.15, -0.1) is 0 Å². The summed E-state index contributed by atoms with van der Waals surface area (Å²) in [6.45, 7) is 0. The summed E-state index contributed by atoms with van der Waals surface area (Å²) in [6.07, 6.45) is 1.35. The number of aromatic carboxylic acids is 1. The Bertz CT molecular complexity index is 691. The van der Waals surface area contributed by atoms with Crippen LogP contribution in [-0.2, 0) is 0 Å². The normalized spacial score (nSPS) is 10.1. The fourth-order valence-electron chi connectivity index (χ4n) is 1.51. The molecule has 2 aromatic rings. The number of benzene rings is 1. The van der Waals surface area contributed by atoms with Crippen molar-refractivity contribution in [1.29, 1.82) is 0 Å². The largest absolute Gasteiger partial charge is 0.476 e. The number of anilines is 1. The Kier molecular flexibility index (Phi) is 4.36. The van der Waals surface area contributed by atoms with Crippen molar-refractivity contribution >= 4 is 45.1 Å². The topological polar surface area (TPSA) is 79.3 Å². The van der Waals surface area contributed by atoms with Crippen molar-refractivity contribution in [2.24, 2.45) is 0 Å². The van der Waals surface area contributed by atoms with E-state index in [0.29, 0.717) is 15.1 Å². The van der Waals surface area contributed by atoms with E-state index in [1.165, 1.54) is 12.3 Å². The Labute approximate surface area is 127 Å². The summed E-state index contributed by atoms with van der Waals surface area (Å²) >= 11 is 9.07. The van der Waals surface area contributed by atoms with Crippen molar-refractivity contribution < 1.29 is 14.7 Å². The SMILES string of the molecule is O=C(Nc1cccnc1C(=O)O)c1ccc(Cl)c(Br)c1. The first kappa shape index (κ1) is 14.5. The number of carbonyl (C=O) groups excluding carboxylic acids is 1. The zero-order chi connectivity index (χ0) is 14.7. The first-order chi connectivity index (χ1) is 9.49. The molecule has 0 saturated carbocycles. The minimum Gasteiger partial charge on any atom is -0.476 e. The van der Waals surface area contributed by atoms with Gasteiger partial charge in [0.1, 0.15) is 0 Å². The van der Waals surface area contributed by atoms with E-state index < -0.39 is 11.9 Å². The molecule has 1 aromatic carbocycles. The van der Waals surface area contributed by atoms with E-state index in [2.05, 4.69) is 26.2 Å². The van der Waals surface area contributed by atoms with Crippen LogP contribution in [0.2, 0.25) is 5.02 Å². The molecule has 0 radical (unpaired) electrons.